The fraction of sp³-hybridized carbons (Fsp3) is 0.500. The Kier molecular flexibility index (Phi) is 4.46. The molecule has 4 rings (SSSR count). The molecular formula is C18H20ClN3O4. The lowest BCUT2D eigenvalue weighted by atomic mass is 9.91. The van der Waals surface area contributed by atoms with E-state index in [9.17, 15) is 14.4 Å². The molecule has 138 valence electrons. The highest BCUT2D eigenvalue weighted by Crippen LogP contribution is 2.44. The minimum atomic E-state index is -0.885. The number of fused-ring (bicyclic) bond motifs is 1. The standard InChI is InChI=1S/C18H20ClN3O4/c1-21-17(24)14-15(11-4-6-12(19)7-5-11)22(26-16(14)18(21)25)9-13(23)20-8-10-2-3-10/h4-7,10,14-16H,2-3,8-9H2,1H3,(H,20,23). The van der Waals surface area contributed by atoms with Crippen molar-refractivity contribution in [1.82, 2.24) is 15.3 Å². The van der Waals surface area contributed by atoms with Crippen molar-refractivity contribution in [1.29, 1.82) is 0 Å². The molecule has 1 N–H and O–H groups in total. The van der Waals surface area contributed by atoms with Gasteiger partial charge in [0.05, 0.1) is 12.0 Å². The molecule has 7 nitrogen and oxygen atoms in total. The van der Waals surface area contributed by atoms with Gasteiger partial charge in [-0.3, -0.25) is 24.1 Å². The fourth-order valence-electron chi connectivity index (χ4n) is 3.55. The topological polar surface area (TPSA) is 79.0 Å². The Morgan fingerprint density at radius 3 is 2.58 bits per heavy atom. The van der Waals surface area contributed by atoms with Crippen LogP contribution in [0.3, 0.4) is 0 Å². The molecule has 26 heavy (non-hydrogen) atoms. The molecule has 0 bridgehead atoms. The number of amides is 3. The number of carbonyl (C=O) groups is 3. The minimum Gasteiger partial charge on any atom is -0.355 e. The predicted molar refractivity (Wildman–Crippen MR) is 92.8 cm³/mol. The average Bonchev–Trinajstić information content (AvgIpc) is 3.35. The number of imide groups is 1. The fourth-order valence-corrected chi connectivity index (χ4v) is 3.68. The molecule has 2 aliphatic heterocycles. The van der Waals surface area contributed by atoms with Gasteiger partial charge in [0.1, 0.15) is 6.54 Å². The van der Waals surface area contributed by atoms with E-state index in [1.54, 1.807) is 24.3 Å². The van der Waals surface area contributed by atoms with Crippen LogP contribution in [0, 0.1) is 11.8 Å². The van der Waals surface area contributed by atoms with Crippen LogP contribution in [0.1, 0.15) is 24.4 Å². The van der Waals surface area contributed by atoms with Crippen molar-refractivity contribution >= 4 is 29.3 Å². The number of carbonyl (C=O) groups excluding carboxylic acids is 3. The van der Waals surface area contributed by atoms with E-state index in [0.717, 1.165) is 23.3 Å². The second-order valence-electron chi connectivity index (χ2n) is 7.11. The Morgan fingerprint density at radius 1 is 1.23 bits per heavy atom. The van der Waals surface area contributed by atoms with E-state index >= 15 is 0 Å². The predicted octanol–water partition coefficient (Wildman–Crippen LogP) is 1.14. The zero-order valence-corrected chi connectivity index (χ0v) is 15.1. The van der Waals surface area contributed by atoms with Crippen molar-refractivity contribution < 1.29 is 19.2 Å². The van der Waals surface area contributed by atoms with Gasteiger partial charge in [0.2, 0.25) is 11.8 Å². The minimum absolute atomic E-state index is 0.0305. The van der Waals surface area contributed by atoms with Crippen molar-refractivity contribution in [2.24, 2.45) is 11.8 Å². The first-order chi connectivity index (χ1) is 12.5. The number of benzene rings is 1. The first-order valence-corrected chi connectivity index (χ1v) is 9.10. The molecule has 1 aromatic rings. The lowest BCUT2D eigenvalue weighted by molar-refractivity contribution is -0.181. The summed E-state index contributed by atoms with van der Waals surface area (Å²) < 4.78 is 0. The summed E-state index contributed by atoms with van der Waals surface area (Å²) in [6.45, 7) is 0.628. The van der Waals surface area contributed by atoms with E-state index in [1.165, 1.54) is 12.1 Å². The Bertz CT molecular complexity index is 749. The molecule has 1 aromatic carbocycles. The van der Waals surface area contributed by atoms with Crippen LogP contribution in [-0.2, 0) is 19.2 Å². The van der Waals surface area contributed by atoms with Gasteiger partial charge in [-0.05, 0) is 36.5 Å². The van der Waals surface area contributed by atoms with Crippen LogP contribution in [0.2, 0.25) is 5.02 Å². The Balaban J connectivity index is 1.57. The third-order valence-electron chi connectivity index (χ3n) is 5.21. The molecule has 3 unspecified atom stereocenters. The number of hydrogen-bond acceptors (Lipinski definition) is 5. The Morgan fingerprint density at radius 2 is 1.92 bits per heavy atom. The molecule has 1 saturated carbocycles. The van der Waals surface area contributed by atoms with E-state index in [2.05, 4.69) is 5.32 Å². The normalized spacial score (nSPS) is 28.5. The second kappa shape index (κ2) is 6.64. The Hall–Kier alpha value is -1.96. The molecule has 3 aliphatic rings. The van der Waals surface area contributed by atoms with Crippen molar-refractivity contribution in [2.45, 2.75) is 25.0 Å². The number of halogens is 1. The number of hydrogen-bond donors (Lipinski definition) is 1. The van der Waals surface area contributed by atoms with Gasteiger partial charge >= 0.3 is 0 Å². The molecule has 2 heterocycles. The molecule has 0 radical (unpaired) electrons. The van der Waals surface area contributed by atoms with E-state index < -0.39 is 18.1 Å². The Labute approximate surface area is 156 Å². The molecule has 0 spiro atoms. The van der Waals surface area contributed by atoms with Gasteiger partial charge in [0.15, 0.2) is 6.10 Å². The number of hydroxylamine groups is 2. The van der Waals surface area contributed by atoms with Gasteiger partial charge in [-0.1, -0.05) is 23.7 Å². The van der Waals surface area contributed by atoms with E-state index in [0.29, 0.717) is 17.5 Å². The monoisotopic (exact) mass is 377 g/mol. The quantitative estimate of drug-likeness (QED) is 0.778. The third kappa shape index (κ3) is 3.11. The zero-order valence-electron chi connectivity index (χ0n) is 14.4. The maximum atomic E-state index is 12.6. The summed E-state index contributed by atoms with van der Waals surface area (Å²) in [6, 6.07) is 6.53. The molecule has 3 atom stereocenters. The van der Waals surface area contributed by atoms with Gasteiger partial charge in [-0.25, -0.2) is 0 Å². The smallest absolute Gasteiger partial charge is 0.261 e. The lowest BCUT2D eigenvalue weighted by Crippen LogP contribution is -2.40. The molecule has 8 heteroatoms. The molecule has 2 saturated heterocycles. The SMILES string of the molecule is CN1C(=O)C2ON(CC(=O)NCC3CC3)C(c3ccc(Cl)cc3)C2C1=O. The maximum absolute atomic E-state index is 12.6. The van der Waals surface area contributed by atoms with Crippen molar-refractivity contribution in [2.75, 3.05) is 20.1 Å². The van der Waals surface area contributed by atoms with Crippen LogP contribution in [0.4, 0.5) is 0 Å². The maximum Gasteiger partial charge on any atom is 0.261 e. The van der Waals surface area contributed by atoms with E-state index in [1.807, 2.05) is 0 Å². The van der Waals surface area contributed by atoms with Crippen LogP contribution in [-0.4, -0.2) is 53.9 Å². The van der Waals surface area contributed by atoms with Crippen molar-refractivity contribution in [3.05, 3.63) is 34.9 Å². The third-order valence-corrected chi connectivity index (χ3v) is 5.46. The highest BCUT2D eigenvalue weighted by Gasteiger charge is 2.58. The van der Waals surface area contributed by atoms with Crippen LogP contribution in [0.25, 0.3) is 0 Å². The highest BCUT2D eigenvalue weighted by molar-refractivity contribution is 6.30. The van der Waals surface area contributed by atoms with Crippen LogP contribution < -0.4 is 5.32 Å². The van der Waals surface area contributed by atoms with Crippen LogP contribution in [0.15, 0.2) is 24.3 Å². The highest BCUT2D eigenvalue weighted by atomic mass is 35.5. The summed E-state index contributed by atoms with van der Waals surface area (Å²) >= 11 is 5.96. The first kappa shape index (κ1) is 17.5. The summed E-state index contributed by atoms with van der Waals surface area (Å²) in [7, 11) is 1.46. The molecular weight excluding hydrogens is 358 g/mol. The van der Waals surface area contributed by atoms with E-state index in [-0.39, 0.29) is 24.3 Å². The molecule has 0 aromatic heterocycles. The summed E-state index contributed by atoms with van der Waals surface area (Å²) in [4.78, 5) is 44.0. The second-order valence-corrected chi connectivity index (χ2v) is 7.54. The van der Waals surface area contributed by atoms with Gasteiger partial charge < -0.3 is 5.32 Å². The molecule has 1 aliphatic carbocycles. The molecule has 3 fully saturated rings. The number of nitrogens with one attached hydrogen (secondary N) is 1. The first-order valence-electron chi connectivity index (χ1n) is 8.72. The number of likely N-dealkylation sites (tertiary alicyclic amines) is 1. The summed E-state index contributed by atoms with van der Waals surface area (Å²) in [5.41, 5.74) is 0.786. The van der Waals surface area contributed by atoms with Crippen molar-refractivity contribution in [3.63, 3.8) is 0 Å². The summed E-state index contributed by atoms with van der Waals surface area (Å²) in [6.07, 6.45) is 1.41. The number of nitrogens with zero attached hydrogens (tertiary/aromatic N) is 2. The molecule has 3 amide bonds. The van der Waals surface area contributed by atoms with Crippen molar-refractivity contribution in [3.8, 4) is 0 Å². The summed E-state index contributed by atoms with van der Waals surface area (Å²) in [5, 5.41) is 4.92. The van der Waals surface area contributed by atoms with Gasteiger partial charge in [0, 0.05) is 18.6 Å². The van der Waals surface area contributed by atoms with Crippen LogP contribution in [0.5, 0.6) is 0 Å². The van der Waals surface area contributed by atoms with E-state index in [4.69, 9.17) is 16.4 Å². The van der Waals surface area contributed by atoms with Gasteiger partial charge in [0.25, 0.3) is 5.91 Å². The largest absolute Gasteiger partial charge is 0.355 e. The lowest BCUT2D eigenvalue weighted by Gasteiger charge is -2.26. The zero-order chi connectivity index (χ0) is 18.4. The number of likely N-dealkylation sites (N-methyl/N-ethyl adjacent to an activating group) is 1. The van der Waals surface area contributed by atoms with Crippen LogP contribution >= 0.6 is 11.6 Å². The average molecular weight is 378 g/mol. The summed E-state index contributed by atoms with van der Waals surface area (Å²) in [5.74, 6) is -0.934. The number of rotatable bonds is 5. The van der Waals surface area contributed by atoms with Gasteiger partial charge in [-0.15, -0.1) is 0 Å². The van der Waals surface area contributed by atoms with Gasteiger partial charge in [-0.2, -0.15) is 5.06 Å².